The van der Waals surface area contributed by atoms with Gasteiger partial charge in [0.25, 0.3) is 0 Å². The van der Waals surface area contributed by atoms with E-state index >= 15 is 0 Å². The summed E-state index contributed by atoms with van der Waals surface area (Å²) >= 11 is 5.54. The summed E-state index contributed by atoms with van der Waals surface area (Å²) in [6.07, 6.45) is 3.80. The Morgan fingerprint density at radius 1 is 1.44 bits per heavy atom. The minimum absolute atomic E-state index is 0.0427. The van der Waals surface area contributed by atoms with Crippen molar-refractivity contribution >= 4 is 17.5 Å². The largest absolute Gasteiger partial charge is 0.342 e. The second kappa shape index (κ2) is 5.30. The Bertz CT molecular complexity index is 347. The average molecular weight is 239 g/mol. The van der Waals surface area contributed by atoms with Crippen molar-refractivity contribution in [2.45, 2.75) is 18.8 Å². The molecule has 1 aliphatic heterocycles. The van der Waals surface area contributed by atoms with E-state index in [1.54, 1.807) is 0 Å². The van der Waals surface area contributed by atoms with Gasteiger partial charge in [-0.25, -0.2) is 0 Å². The van der Waals surface area contributed by atoms with Gasteiger partial charge in [-0.2, -0.15) is 0 Å². The molecular weight excluding hydrogens is 224 g/mol. The highest BCUT2D eigenvalue weighted by Gasteiger charge is 2.23. The van der Waals surface area contributed by atoms with Crippen LogP contribution in [0.2, 0.25) is 0 Å². The van der Waals surface area contributed by atoms with Crippen LogP contribution in [0, 0.1) is 0 Å². The summed E-state index contributed by atoms with van der Waals surface area (Å²) in [5.41, 5.74) is 1.14. The molecule has 0 saturated carbocycles. The number of piperidine rings is 1. The molecule has 2 rings (SSSR count). The predicted molar refractivity (Wildman–Crippen MR) is 63.5 cm³/mol. The first-order valence-corrected chi connectivity index (χ1v) is 6.09. The molecule has 0 radical (unpaired) electrons. The van der Waals surface area contributed by atoms with Crippen LogP contribution in [0.3, 0.4) is 0 Å². The van der Waals surface area contributed by atoms with Crippen LogP contribution in [-0.2, 0) is 4.79 Å². The quantitative estimate of drug-likeness (QED) is 0.739. The van der Waals surface area contributed by atoms with Gasteiger partial charge in [-0.05, 0) is 25.0 Å². The second-order valence-corrected chi connectivity index (χ2v) is 4.31. The Labute approximate surface area is 100 Å². The van der Waals surface area contributed by atoms with Crippen molar-refractivity contribution < 1.29 is 4.79 Å². The molecule has 0 aliphatic carbocycles. The number of halogens is 1. The van der Waals surface area contributed by atoms with Crippen LogP contribution in [0.1, 0.15) is 24.5 Å². The molecule has 0 aromatic carbocycles. The Balaban J connectivity index is 1.93. The lowest BCUT2D eigenvalue weighted by Crippen LogP contribution is -2.38. The Kier molecular flexibility index (Phi) is 3.78. The van der Waals surface area contributed by atoms with Crippen molar-refractivity contribution in [3.05, 3.63) is 30.1 Å². The fourth-order valence-electron chi connectivity index (χ4n) is 2.13. The minimum Gasteiger partial charge on any atom is -0.342 e. The van der Waals surface area contributed by atoms with Gasteiger partial charge in [0.1, 0.15) is 5.88 Å². The van der Waals surface area contributed by atoms with Gasteiger partial charge in [0, 0.05) is 30.9 Å². The van der Waals surface area contributed by atoms with Crippen molar-refractivity contribution in [2.24, 2.45) is 0 Å². The van der Waals surface area contributed by atoms with E-state index in [0.29, 0.717) is 5.92 Å². The van der Waals surface area contributed by atoms with E-state index in [1.807, 2.05) is 23.2 Å². The number of aromatic nitrogens is 1. The summed E-state index contributed by atoms with van der Waals surface area (Å²) in [5, 5.41) is 0. The number of rotatable bonds is 2. The topological polar surface area (TPSA) is 33.2 Å². The van der Waals surface area contributed by atoms with E-state index in [1.165, 1.54) is 0 Å². The number of alkyl halides is 1. The lowest BCUT2D eigenvalue weighted by Gasteiger charge is -2.31. The maximum absolute atomic E-state index is 11.4. The van der Waals surface area contributed by atoms with Gasteiger partial charge in [0.15, 0.2) is 0 Å². The molecule has 1 amide bonds. The number of pyridine rings is 1. The van der Waals surface area contributed by atoms with Gasteiger partial charge in [-0.1, -0.05) is 6.07 Å². The molecule has 2 heterocycles. The highest BCUT2D eigenvalue weighted by Crippen LogP contribution is 2.26. The van der Waals surface area contributed by atoms with Crippen LogP contribution in [-0.4, -0.2) is 34.8 Å². The number of nitrogens with zero attached hydrogens (tertiary/aromatic N) is 2. The van der Waals surface area contributed by atoms with Gasteiger partial charge in [-0.3, -0.25) is 9.78 Å². The van der Waals surface area contributed by atoms with Crippen molar-refractivity contribution in [1.29, 1.82) is 0 Å². The van der Waals surface area contributed by atoms with Crippen molar-refractivity contribution in [2.75, 3.05) is 19.0 Å². The third-order valence-corrected chi connectivity index (χ3v) is 3.30. The van der Waals surface area contributed by atoms with Gasteiger partial charge in [0.05, 0.1) is 0 Å². The van der Waals surface area contributed by atoms with Crippen LogP contribution in [0.5, 0.6) is 0 Å². The van der Waals surface area contributed by atoms with E-state index in [2.05, 4.69) is 11.1 Å². The zero-order valence-corrected chi connectivity index (χ0v) is 9.86. The molecule has 0 bridgehead atoms. The molecule has 16 heavy (non-hydrogen) atoms. The molecule has 1 saturated heterocycles. The van der Waals surface area contributed by atoms with Crippen molar-refractivity contribution in [3.8, 4) is 0 Å². The molecular formula is C12H15ClN2O. The smallest absolute Gasteiger partial charge is 0.237 e. The zero-order chi connectivity index (χ0) is 11.4. The maximum atomic E-state index is 11.4. The third kappa shape index (κ3) is 2.53. The number of amides is 1. The van der Waals surface area contributed by atoms with Gasteiger partial charge >= 0.3 is 0 Å². The predicted octanol–water partition coefficient (Wildman–Crippen LogP) is 2.03. The molecule has 0 N–H and O–H groups in total. The SMILES string of the molecule is O=C(CCl)N1CCC(c2ccccn2)CC1. The molecule has 1 fully saturated rings. The van der Waals surface area contributed by atoms with E-state index < -0.39 is 0 Å². The Hall–Kier alpha value is -1.09. The number of carbonyl (C=O) groups is 1. The fourth-order valence-corrected chi connectivity index (χ4v) is 2.30. The molecule has 1 aromatic rings. The standard InChI is InChI=1S/C12H15ClN2O/c13-9-12(16)15-7-4-10(5-8-15)11-3-1-2-6-14-11/h1-3,6,10H,4-5,7-9H2. The van der Waals surface area contributed by atoms with E-state index in [0.717, 1.165) is 31.6 Å². The first kappa shape index (κ1) is 11.4. The Morgan fingerprint density at radius 2 is 2.19 bits per heavy atom. The lowest BCUT2D eigenvalue weighted by atomic mass is 9.93. The van der Waals surface area contributed by atoms with Crippen molar-refractivity contribution in [1.82, 2.24) is 9.88 Å². The molecule has 0 atom stereocenters. The maximum Gasteiger partial charge on any atom is 0.237 e. The van der Waals surface area contributed by atoms with E-state index in [-0.39, 0.29) is 11.8 Å². The molecule has 3 nitrogen and oxygen atoms in total. The van der Waals surface area contributed by atoms with Crippen LogP contribution < -0.4 is 0 Å². The minimum atomic E-state index is 0.0427. The van der Waals surface area contributed by atoms with Gasteiger partial charge < -0.3 is 4.90 Å². The monoisotopic (exact) mass is 238 g/mol. The van der Waals surface area contributed by atoms with Crippen molar-refractivity contribution in [3.63, 3.8) is 0 Å². The molecule has 0 unspecified atom stereocenters. The normalized spacial score (nSPS) is 17.4. The summed E-state index contributed by atoms with van der Waals surface area (Å²) in [6.45, 7) is 1.60. The average Bonchev–Trinajstić information content (AvgIpc) is 2.39. The van der Waals surface area contributed by atoms with E-state index in [9.17, 15) is 4.79 Å². The molecule has 1 aromatic heterocycles. The summed E-state index contributed by atoms with van der Waals surface area (Å²) < 4.78 is 0. The zero-order valence-electron chi connectivity index (χ0n) is 9.10. The molecule has 86 valence electrons. The van der Waals surface area contributed by atoms with Crippen LogP contribution in [0.25, 0.3) is 0 Å². The first-order chi connectivity index (χ1) is 7.81. The fraction of sp³-hybridized carbons (Fsp3) is 0.500. The molecule has 1 aliphatic rings. The Morgan fingerprint density at radius 3 is 2.75 bits per heavy atom. The molecule has 0 spiro atoms. The summed E-state index contributed by atoms with van der Waals surface area (Å²) in [4.78, 5) is 17.6. The van der Waals surface area contributed by atoms with Crippen LogP contribution >= 0.6 is 11.6 Å². The number of hydrogen-bond acceptors (Lipinski definition) is 2. The molecule has 4 heteroatoms. The van der Waals surface area contributed by atoms with Crippen LogP contribution in [0.4, 0.5) is 0 Å². The van der Waals surface area contributed by atoms with Gasteiger partial charge in [-0.15, -0.1) is 11.6 Å². The van der Waals surface area contributed by atoms with Gasteiger partial charge in [0.2, 0.25) is 5.91 Å². The lowest BCUT2D eigenvalue weighted by molar-refractivity contribution is -0.129. The summed E-state index contributed by atoms with van der Waals surface area (Å²) in [7, 11) is 0. The van der Waals surface area contributed by atoms with Crippen LogP contribution in [0.15, 0.2) is 24.4 Å². The third-order valence-electron chi connectivity index (χ3n) is 3.07. The highest BCUT2D eigenvalue weighted by atomic mass is 35.5. The number of hydrogen-bond donors (Lipinski definition) is 0. The first-order valence-electron chi connectivity index (χ1n) is 5.56. The summed E-state index contributed by atoms with van der Waals surface area (Å²) in [6, 6.07) is 6.00. The highest BCUT2D eigenvalue weighted by molar-refractivity contribution is 6.27. The number of likely N-dealkylation sites (tertiary alicyclic amines) is 1. The second-order valence-electron chi connectivity index (χ2n) is 4.04. The number of carbonyl (C=O) groups excluding carboxylic acids is 1. The van der Waals surface area contributed by atoms with E-state index in [4.69, 9.17) is 11.6 Å². The summed E-state index contributed by atoms with van der Waals surface area (Å²) in [5.74, 6) is 0.621.